The predicted octanol–water partition coefficient (Wildman–Crippen LogP) is 4.31. The largest absolute Gasteiger partial charge is 0.494 e. The molecule has 0 unspecified atom stereocenters. The Kier molecular flexibility index (Phi) is 9.39. The van der Waals surface area contributed by atoms with Gasteiger partial charge < -0.3 is 19.0 Å². The van der Waals surface area contributed by atoms with Gasteiger partial charge in [-0.2, -0.15) is 8.42 Å². The van der Waals surface area contributed by atoms with Crippen LogP contribution in [0.1, 0.15) is 35.7 Å². The van der Waals surface area contributed by atoms with Gasteiger partial charge in [0.2, 0.25) is 5.91 Å². The molecule has 0 saturated heterocycles. The van der Waals surface area contributed by atoms with Crippen LogP contribution in [-0.2, 0) is 24.4 Å². The molecular formula is C27H27NO8S. The monoisotopic (exact) mass is 525 g/mol. The maximum absolute atomic E-state index is 12.4. The summed E-state index contributed by atoms with van der Waals surface area (Å²) in [5.74, 6) is -0.834. The van der Waals surface area contributed by atoms with Crippen LogP contribution in [-0.4, -0.2) is 39.3 Å². The fraction of sp³-hybridized carbons (Fsp3) is 0.222. The number of Topliss-reactive ketones (excluding diaryl/α,β-unsaturated/α-hetero) is 1. The number of nitrogens with one attached hydrogen (secondary N) is 1. The smallest absolute Gasteiger partial charge is 0.339 e. The van der Waals surface area contributed by atoms with E-state index < -0.39 is 28.5 Å². The van der Waals surface area contributed by atoms with Gasteiger partial charge in [-0.3, -0.25) is 14.4 Å². The Hall–Kier alpha value is -4.18. The van der Waals surface area contributed by atoms with Gasteiger partial charge in [0.05, 0.1) is 13.0 Å². The SMILES string of the molecule is CCOc1ccc(NC(=O)CCC(=O)OCC(=O)c2ccc(OS(=O)(=O)c3ccc(C)cc3)cc2)cc1. The summed E-state index contributed by atoms with van der Waals surface area (Å²) >= 11 is 0. The van der Waals surface area contributed by atoms with Crippen LogP contribution in [0.25, 0.3) is 0 Å². The van der Waals surface area contributed by atoms with Crippen LogP contribution < -0.4 is 14.2 Å². The van der Waals surface area contributed by atoms with Crippen molar-refractivity contribution in [1.82, 2.24) is 0 Å². The molecule has 0 spiro atoms. The number of carbonyl (C=O) groups is 3. The van der Waals surface area contributed by atoms with E-state index in [0.29, 0.717) is 18.0 Å². The third-order valence-electron chi connectivity index (χ3n) is 5.06. The molecule has 0 atom stereocenters. The van der Waals surface area contributed by atoms with E-state index >= 15 is 0 Å². The van der Waals surface area contributed by atoms with Crippen molar-refractivity contribution in [3.05, 3.63) is 83.9 Å². The Morgan fingerprint density at radius 2 is 1.43 bits per heavy atom. The van der Waals surface area contributed by atoms with Gasteiger partial charge in [0.1, 0.15) is 16.4 Å². The van der Waals surface area contributed by atoms with Gasteiger partial charge in [-0.15, -0.1) is 0 Å². The second kappa shape index (κ2) is 12.7. The molecule has 0 aliphatic heterocycles. The number of benzene rings is 3. The Balaban J connectivity index is 1.42. The van der Waals surface area contributed by atoms with Crippen LogP contribution >= 0.6 is 0 Å². The summed E-state index contributed by atoms with van der Waals surface area (Å²) in [6.45, 7) is 3.73. The van der Waals surface area contributed by atoms with Gasteiger partial charge in [0, 0.05) is 17.7 Å². The van der Waals surface area contributed by atoms with E-state index in [1.807, 2.05) is 13.8 Å². The van der Waals surface area contributed by atoms with E-state index in [-0.39, 0.29) is 35.0 Å². The standard InChI is InChI=1S/C27H27NO8S/c1-3-34-22-12-8-21(9-13-22)28-26(30)16-17-27(31)35-18-25(29)20-6-10-23(11-7-20)36-37(32,33)24-14-4-19(2)5-15-24/h4-15H,3,16-18H2,1-2H3,(H,28,30). The Morgan fingerprint density at radius 3 is 2.05 bits per heavy atom. The zero-order valence-electron chi connectivity index (χ0n) is 20.4. The number of rotatable bonds is 12. The molecule has 1 N–H and O–H groups in total. The number of carbonyl (C=O) groups excluding carboxylic acids is 3. The molecule has 1 amide bonds. The van der Waals surface area contributed by atoms with Gasteiger partial charge in [0.25, 0.3) is 0 Å². The fourth-order valence-electron chi connectivity index (χ4n) is 3.12. The zero-order chi connectivity index (χ0) is 26.8. The summed E-state index contributed by atoms with van der Waals surface area (Å²) in [6, 6.07) is 18.5. The molecule has 3 rings (SSSR count). The predicted molar refractivity (Wildman–Crippen MR) is 136 cm³/mol. The first kappa shape index (κ1) is 27.4. The average molecular weight is 526 g/mol. The van der Waals surface area contributed by atoms with Crippen LogP contribution in [0.15, 0.2) is 77.7 Å². The molecule has 0 bridgehead atoms. The Morgan fingerprint density at radius 1 is 0.811 bits per heavy atom. The lowest BCUT2D eigenvalue weighted by Crippen LogP contribution is -2.17. The normalized spacial score (nSPS) is 10.9. The van der Waals surface area contributed by atoms with E-state index in [9.17, 15) is 22.8 Å². The number of amides is 1. The van der Waals surface area contributed by atoms with Crippen molar-refractivity contribution in [3.8, 4) is 11.5 Å². The first-order valence-corrected chi connectivity index (χ1v) is 12.9. The van der Waals surface area contributed by atoms with Crippen molar-refractivity contribution in [2.24, 2.45) is 0 Å². The van der Waals surface area contributed by atoms with Gasteiger partial charge >= 0.3 is 16.1 Å². The molecule has 0 radical (unpaired) electrons. The average Bonchev–Trinajstić information content (AvgIpc) is 2.88. The van der Waals surface area contributed by atoms with Crippen LogP contribution in [0.2, 0.25) is 0 Å². The summed E-state index contributed by atoms with van der Waals surface area (Å²) in [5, 5.41) is 2.67. The fourth-order valence-corrected chi connectivity index (χ4v) is 4.05. The number of ether oxygens (including phenoxy) is 2. The topological polar surface area (TPSA) is 125 Å². The Bertz CT molecular complexity index is 1330. The molecule has 9 nitrogen and oxygen atoms in total. The second-order valence-corrected chi connectivity index (χ2v) is 9.51. The number of aryl methyl sites for hydroxylation is 1. The van der Waals surface area contributed by atoms with Crippen LogP contribution in [0.3, 0.4) is 0 Å². The first-order valence-electron chi connectivity index (χ1n) is 11.5. The minimum Gasteiger partial charge on any atom is -0.494 e. The molecule has 37 heavy (non-hydrogen) atoms. The van der Waals surface area contributed by atoms with Crippen molar-refractivity contribution < 1.29 is 36.5 Å². The van der Waals surface area contributed by atoms with E-state index in [1.54, 1.807) is 36.4 Å². The quantitative estimate of drug-likeness (QED) is 0.211. The molecule has 0 aliphatic rings. The van der Waals surface area contributed by atoms with E-state index in [0.717, 1.165) is 5.56 Å². The molecule has 0 fully saturated rings. The first-order chi connectivity index (χ1) is 17.7. The van der Waals surface area contributed by atoms with Crippen molar-refractivity contribution in [3.63, 3.8) is 0 Å². The summed E-state index contributed by atoms with van der Waals surface area (Å²) in [6.07, 6.45) is -0.304. The van der Waals surface area contributed by atoms with Gasteiger partial charge in [-0.05, 0) is 74.5 Å². The lowest BCUT2D eigenvalue weighted by atomic mass is 10.1. The molecule has 3 aromatic carbocycles. The van der Waals surface area contributed by atoms with E-state index in [4.69, 9.17) is 13.7 Å². The molecule has 0 aromatic heterocycles. The van der Waals surface area contributed by atoms with Crippen molar-refractivity contribution in [2.45, 2.75) is 31.6 Å². The third-order valence-corrected chi connectivity index (χ3v) is 6.32. The van der Waals surface area contributed by atoms with E-state index in [2.05, 4.69) is 5.32 Å². The number of hydrogen-bond donors (Lipinski definition) is 1. The highest BCUT2D eigenvalue weighted by molar-refractivity contribution is 7.87. The molecule has 0 saturated carbocycles. The minimum absolute atomic E-state index is 0.0123. The molecular weight excluding hydrogens is 498 g/mol. The molecule has 0 heterocycles. The van der Waals surface area contributed by atoms with Crippen molar-refractivity contribution in [1.29, 1.82) is 0 Å². The van der Waals surface area contributed by atoms with Gasteiger partial charge in [0.15, 0.2) is 12.4 Å². The number of esters is 1. The van der Waals surface area contributed by atoms with Crippen LogP contribution in [0, 0.1) is 6.92 Å². The molecule has 194 valence electrons. The Labute approximate surface area is 215 Å². The highest BCUT2D eigenvalue weighted by Crippen LogP contribution is 2.20. The minimum atomic E-state index is -4.02. The zero-order valence-corrected chi connectivity index (χ0v) is 21.2. The molecule has 0 aliphatic carbocycles. The summed E-state index contributed by atoms with van der Waals surface area (Å²) in [5.41, 5.74) is 1.69. The number of anilines is 1. The van der Waals surface area contributed by atoms with Crippen LogP contribution in [0.5, 0.6) is 11.5 Å². The summed E-state index contributed by atoms with van der Waals surface area (Å²) in [4.78, 5) is 36.4. The van der Waals surface area contributed by atoms with Crippen molar-refractivity contribution in [2.75, 3.05) is 18.5 Å². The van der Waals surface area contributed by atoms with Crippen molar-refractivity contribution >= 4 is 33.5 Å². The second-order valence-electron chi connectivity index (χ2n) is 7.96. The maximum atomic E-state index is 12.4. The third kappa shape index (κ3) is 8.46. The highest BCUT2D eigenvalue weighted by atomic mass is 32.2. The summed E-state index contributed by atoms with van der Waals surface area (Å²) < 4.78 is 40.2. The van der Waals surface area contributed by atoms with Gasteiger partial charge in [-0.1, -0.05) is 17.7 Å². The van der Waals surface area contributed by atoms with Gasteiger partial charge in [-0.25, -0.2) is 0 Å². The number of hydrogen-bond acceptors (Lipinski definition) is 8. The summed E-state index contributed by atoms with van der Waals surface area (Å²) in [7, 11) is -4.02. The lowest BCUT2D eigenvalue weighted by molar-refractivity contribution is -0.143. The van der Waals surface area contributed by atoms with Crippen LogP contribution in [0.4, 0.5) is 5.69 Å². The lowest BCUT2D eigenvalue weighted by Gasteiger charge is -2.09. The maximum Gasteiger partial charge on any atom is 0.339 e. The molecule has 10 heteroatoms. The number of ketones is 1. The highest BCUT2D eigenvalue weighted by Gasteiger charge is 2.17. The van der Waals surface area contributed by atoms with E-state index in [1.165, 1.54) is 36.4 Å². The molecule has 3 aromatic rings.